The molecule has 0 aliphatic heterocycles. The average Bonchev–Trinajstić information content (AvgIpc) is 2.55. The van der Waals surface area contributed by atoms with Crippen molar-refractivity contribution in [1.82, 2.24) is 0 Å². The number of ether oxygens (including phenoxy) is 1. The Kier molecular flexibility index (Phi) is 5.64. The highest BCUT2D eigenvalue weighted by atomic mass is 19.1. The number of benzene rings is 2. The minimum atomic E-state index is -0.302. The first-order valence-electron chi connectivity index (χ1n) is 7.90. The molecule has 0 aliphatic carbocycles. The quantitative estimate of drug-likeness (QED) is 0.787. The van der Waals surface area contributed by atoms with Crippen LogP contribution in [0.1, 0.15) is 31.4 Å². The number of rotatable bonds is 6. The second-order valence-corrected chi connectivity index (χ2v) is 6.72. The molecule has 2 aromatic carbocycles. The molecule has 126 valence electrons. The number of hydrogen-bond acceptors (Lipinski definition) is 2. The van der Waals surface area contributed by atoms with Crippen molar-refractivity contribution in [3.63, 3.8) is 0 Å². The molecule has 1 N–H and O–H groups in total. The number of terminal acetylenes is 1. The van der Waals surface area contributed by atoms with Crippen molar-refractivity contribution in [3.05, 3.63) is 53.3 Å². The van der Waals surface area contributed by atoms with Crippen LogP contribution >= 0.6 is 0 Å². The number of halogens is 1. The maximum atomic E-state index is 14.4. The molecule has 0 heterocycles. The van der Waals surface area contributed by atoms with Gasteiger partial charge in [-0.05, 0) is 46.7 Å². The summed E-state index contributed by atoms with van der Waals surface area (Å²) in [4.78, 5) is 0. The Balaban J connectivity index is 2.56. The molecule has 2 nitrogen and oxygen atoms in total. The minimum absolute atomic E-state index is 0.0521. The summed E-state index contributed by atoms with van der Waals surface area (Å²) >= 11 is 0. The predicted molar refractivity (Wildman–Crippen MR) is 95.2 cm³/mol. The molecule has 0 aliphatic rings. The van der Waals surface area contributed by atoms with Gasteiger partial charge < -0.3 is 9.84 Å². The highest BCUT2D eigenvalue weighted by Gasteiger charge is 2.21. The van der Waals surface area contributed by atoms with Gasteiger partial charge in [0.1, 0.15) is 11.6 Å². The monoisotopic (exact) mass is 326 g/mol. The summed E-state index contributed by atoms with van der Waals surface area (Å²) in [6.07, 6.45) is 6.78. The third-order valence-electron chi connectivity index (χ3n) is 4.07. The Morgan fingerprint density at radius 1 is 1.17 bits per heavy atom. The van der Waals surface area contributed by atoms with Crippen LogP contribution in [0.5, 0.6) is 5.75 Å². The Labute approximate surface area is 143 Å². The number of aliphatic hydroxyl groups excluding tert-OH is 1. The summed E-state index contributed by atoms with van der Waals surface area (Å²) in [5.74, 6) is 3.00. The van der Waals surface area contributed by atoms with Crippen LogP contribution in [0.4, 0.5) is 4.39 Å². The Morgan fingerprint density at radius 3 is 2.54 bits per heavy atom. The second kappa shape index (κ2) is 7.51. The molecule has 0 aromatic heterocycles. The number of hydrogen-bond donors (Lipinski definition) is 1. The van der Waals surface area contributed by atoms with Crippen molar-refractivity contribution < 1.29 is 14.2 Å². The van der Waals surface area contributed by atoms with Crippen molar-refractivity contribution in [1.29, 1.82) is 0 Å². The van der Waals surface area contributed by atoms with E-state index < -0.39 is 0 Å². The second-order valence-electron chi connectivity index (χ2n) is 6.72. The van der Waals surface area contributed by atoms with Gasteiger partial charge in [0, 0.05) is 12.0 Å². The van der Waals surface area contributed by atoms with Crippen molar-refractivity contribution in [3.8, 4) is 29.2 Å². The normalized spacial score (nSPS) is 11.2. The van der Waals surface area contributed by atoms with Crippen molar-refractivity contribution >= 4 is 0 Å². The van der Waals surface area contributed by atoms with Crippen LogP contribution in [0.25, 0.3) is 11.1 Å². The topological polar surface area (TPSA) is 29.5 Å². The van der Waals surface area contributed by atoms with E-state index in [4.69, 9.17) is 11.2 Å². The van der Waals surface area contributed by atoms with Gasteiger partial charge in [-0.1, -0.05) is 32.0 Å². The van der Waals surface area contributed by atoms with Gasteiger partial charge in [-0.3, -0.25) is 0 Å². The molecular weight excluding hydrogens is 303 g/mol. The first kappa shape index (κ1) is 18.0. The van der Waals surface area contributed by atoms with Gasteiger partial charge >= 0.3 is 0 Å². The highest BCUT2D eigenvalue weighted by molar-refractivity contribution is 5.70. The lowest BCUT2D eigenvalue weighted by Gasteiger charge is -2.24. The average molecular weight is 326 g/mol. The van der Waals surface area contributed by atoms with Crippen LogP contribution in [0.3, 0.4) is 0 Å². The van der Waals surface area contributed by atoms with Crippen molar-refractivity contribution in [2.24, 2.45) is 5.41 Å². The Bertz CT molecular complexity index is 757. The fourth-order valence-electron chi connectivity index (χ4n) is 2.85. The lowest BCUT2D eigenvalue weighted by Crippen LogP contribution is -2.15. The van der Waals surface area contributed by atoms with Gasteiger partial charge in [0.15, 0.2) is 0 Å². The molecular formula is C21H23FO2. The summed E-state index contributed by atoms with van der Waals surface area (Å²) in [5, 5.41) is 9.44. The zero-order valence-corrected chi connectivity index (χ0v) is 14.4. The Hall–Kier alpha value is -2.31. The van der Waals surface area contributed by atoms with E-state index in [0.29, 0.717) is 24.2 Å². The number of aliphatic hydroxyl groups is 1. The molecule has 0 radical (unpaired) electrons. The fourth-order valence-corrected chi connectivity index (χ4v) is 2.85. The van der Waals surface area contributed by atoms with Gasteiger partial charge in [-0.2, -0.15) is 0 Å². The van der Waals surface area contributed by atoms with E-state index in [-0.39, 0.29) is 17.8 Å². The zero-order valence-electron chi connectivity index (χ0n) is 14.4. The molecule has 2 rings (SSSR count). The SMILES string of the molecule is C#CCC(C)(C)Cc1cc(CO)ccc1-c1cc(OC)ccc1F. The van der Waals surface area contributed by atoms with Gasteiger partial charge in [0.25, 0.3) is 0 Å². The summed E-state index contributed by atoms with van der Waals surface area (Å²) < 4.78 is 19.6. The lowest BCUT2D eigenvalue weighted by molar-refractivity contribution is 0.281. The molecule has 2 aromatic rings. The molecule has 0 atom stereocenters. The molecule has 0 amide bonds. The van der Waals surface area contributed by atoms with E-state index in [2.05, 4.69) is 19.8 Å². The zero-order chi connectivity index (χ0) is 17.7. The van der Waals surface area contributed by atoms with Crippen LogP contribution in [-0.4, -0.2) is 12.2 Å². The molecule has 0 spiro atoms. The van der Waals surface area contributed by atoms with Crippen LogP contribution in [0, 0.1) is 23.6 Å². The maximum Gasteiger partial charge on any atom is 0.131 e. The third-order valence-corrected chi connectivity index (χ3v) is 4.07. The third kappa shape index (κ3) is 4.15. The van der Waals surface area contributed by atoms with Gasteiger partial charge in [0.05, 0.1) is 13.7 Å². The van der Waals surface area contributed by atoms with Crippen LogP contribution < -0.4 is 4.74 Å². The van der Waals surface area contributed by atoms with Crippen molar-refractivity contribution in [2.45, 2.75) is 33.3 Å². The predicted octanol–water partition coefficient (Wildman–Crippen LogP) is 4.59. The summed E-state index contributed by atoms with van der Waals surface area (Å²) in [5.41, 5.74) is 2.94. The molecule has 3 heteroatoms. The molecule has 0 unspecified atom stereocenters. The van der Waals surface area contributed by atoms with Gasteiger partial charge in [-0.15, -0.1) is 12.3 Å². The van der Waals surface area contributed by atoms with E-state index in [1.807, 2.05) is 18.2 Å². The molecule has 0 saturated heterocycles. The van der Waals surface area contributed by atoms with Crippen LogP contribution in [0.15, 0.2) is 36.4 Å². The first-order chi connectivity index (χ1) is 11.4. The number of methoxy groups -OCH3 is 1. The van der Waals surface area contributed by atoms with Gasteiger partial charge in [0.2, 0.25) is 0 Å². The van der Waals surface area contributed by atoms with E-state index in [1.54, 1.807) is 19.2 Å². The van der Waals surface area contributed by atoms with E-state index in [9.17, 15) is 9.50 Å². The van der Waals surface area contributed by atoms with E-state index >= 15 is 0 Å². The molecule has 0 fully saturated rings. The summed E-state index contributed by atoms with van der Waals surface area (Å²) in [6.45, 7) is 4.12. The lowest BCUT2D eigenvalue weighted by atomic mass is 9.80. The summed E-state index contributed by atoms with van der Waals surface area (Å²) in [7, 11) is 1.56. The fraction of sp³-hybridized carbons (Fsp3) is 0.333. The van der Waals surface area contributed by atoms with Crippen LogP contribution in [-0.2, 0) is 13.0 Å². The van der Waals surface area contributed by atoms with Crippen molar-refractivity contribution in [2.75, 3.05) is 7.11 Å². The summed E-state index contributed by atoms with van der Waals surface area (Å²) in [6, 6.07) is 10.3. The largest absolute Gasteiger partial charge is 0.497 e. The molecule has 24 heavy (non-hydrogen) atoms. The smallest absolute Gasteiger partial charge is 0.131 e. The maximum absolute atomic E-state index is 14.4. The minimum Gasteiger partial charge on any atom is -0.497 e. The molecule has 0 bridgehead atoms. The Morgan fingerprint density at radius 2 is 1.92 bits per heavy atom. The van der Waals surface area contributed by atoms with E-state index in [1.165, 1.54) is 6.07 Å². The molecule has 0 saturated carbocycles. The van der Waals surface area contributed by atoms with E-state index in [0.717, 1.165) is 16.7 Å². The first-order valence-corrected chi connectivity index (χ1v) is 7.90. The highest BCUT2D eigenvalue weighted by Crippen LogP contribution is 2.35. The van der Waals surface area contributed by atoms with Gasteiger partial charge in [-0.25, -0.2) is 4.39 Å². The standard InChI is InChI=1S/C21H23FO2/c1-5-10-21(2,3)13-16-11-15(14-23)6-8-18(16)19-12-17(24-4)7-9-20(19)22/h1,6-9,11-12,23H,10,13-14H2,2-4H3. The van der Waals surface area contributed by atoms with Crippen LogP contribution in [0.2, 0.25) is 0 Å².